The van der Waals surface area contributed by atoms with Crippen LogP contribution in [0.3, 0.4) is 0 Å². The number of benzene rings is 2. The molecule has 23 heavy (non-hydrogen) atoms. The molecular formula is C18H19FN2OS. The fraction of sp³-hybridized carbons (Fsp3) is 0.278. The van der Waals surface area contributed by atoms with Crippen LogP contribution in [-0.4, -0.2) is 10.7 Å². The van der Waals surface area contributed by atoms with Crippen LogP contribution in [0.2, 0.25) is 0 Å². The Hall–Kier alpha value is -2.14. The van der Waals surface area contributed by atoms with Crippen molar-refractivity contribution in [3.8, 4) is 5.75 Å². The van der Waals surface area contributed by atoms with Crippen LogP contribution in [0.4, 0.5) is 10.1 Å². The number of rotatable bonds is 2. The molecule has 0 bridgehead atoms. The summed E-state index contributed by atoms with van der Waals surface area (Å²) in [4.78, 5) is 0. The van der Waals surface area contributed by atoms with Crippen molar-refractivity contribution < 1.29 is 9.13 Å². The van der Waals surface area contributed by atoms with E-state index < -0.39 is 0 Å². The first-order valence-corrected chi connectivity index (χ1v) is 7.95. The van der Waals surface area contributed by atoms with Crippen molar-refractivity contribution in [3.05, 3.63) is 59.9 Å². The number of hydrogen-bond acceptors (Lipinski definition) is 2. The highest BCUT2D eigenvalue weighted by Gasteiger charge is 2.33. The monoisotopic (exact) mass is 330 g/mol. The molecule has 0 saturated carbocycles. The summed E-state index contributed by atoms with van der Waals surface area (Å²) in [5, 5.41) is 6.81. The van der Waals surface area contributed by atoms with Gasteiger partial charge in [0, 0.05) is 17.7 Å². The minimum atomic E-state index is -0.296. The maximum atomic E-state index is 13.3. The lowest BCUT2D eigenvalue weighted by Gasteiger charge is -2.38. The van der Waals surface area contributed by atoms with Crippen LogP contribution < -0.4 is 15.4 Å². The molecule has 0 fully saturated rings. The third-order valence-electron chi connectivity index (χ3n) is 3.76. The zero-order valence-electron chi connectivity index (χ0n) is 13.1. The molecule has 120 valence electrons. The summed E-state index contributed by atoms with van der Waals surface area (Å²) in [6, 6.07) is 14.2. The van der Waals surface area contributed by atoms with E-state index >= 15 is 0 Å². The smallest absolute Gasteiger partial charge is 0.171 e. The fourth-order valence-corrected chi connectivity index (χ4v) is 3.08. The predicted octanol–water partition coefficient (Wildman–Crippen LogP) is 4.41. The summed E-state index contributed by atoms with van der Waals surface area (Å²) in [7, 11) is 0. The molecule has 0 aromatic heterocycles. The summed E-state index contributed by atoms with van der Waals surface area (Å²) < 4.78 is 19.3. The van der Waals surface area contributed by atoms with Crippen molar-refractivity contribution >= 4 is 23.0 Å². The molecule has 1 heterocycles. The second-order valence-electron chi connectivity index (χ2n) is 6.27. The first-order valence-electron chi connectivity index (χ1n) is 7.54. The van der Waals surface area contributed by atoms with Crippen LogP contribution in [0.25, 0.3) is 0 Å². The molecule has 0 amide bonds. The van der Waals surface area contributed by atoms with Crippen molar-refractivity contribution in [2.45, 2.75) is 31.9 Å². The molecule has 5 heteroatoms. The van der Waals surface area contributed by atoms with Gasteiger partial charge in [0.25, 0.3) is 0 Å². The molecule has 0 spiro atoms. The normalized spacial score (nSPS) is 18.5. The highest BCUT2D eigenvalue weighted by Crippen LogP contribution is 2.39. The molecular weight excluding hydrogens is 311 g/mol. The lowest BCUT2D eigenvalue weighted by atomic mass is 9.90. The minimum absolute atomic E-state index is 0.0449. The number of nitrogens with one attached hydrogen (secondary N) is 2. The topological polar surface area (TPSA) is 33.3 Å². The van der Waals surface area contributed by atoms with Crippen LogP contribution in [0.5, 0.6) is 5.75 Å². The van der Waals surface area contributed by atoms with Gasteiger partial charge in [0.1, 0.15) is 17.2 Å². The minimum Gasteiger partial charge on any atom is -0.487 e. The average Bonchev–Trinajstić information content (AvgIpc) is 2.46. The van der Waals surface area contributed by atoms with E-state index in [1.807, 2.05) is 24.3 Å². The van der Waals surface area contributed by atoms with Crippen LogP contribution >= 0.6 is 12.2 Å². The van der Waals surface area contributed by atoms with Gasteiger partial charge in [0.05, 0.1) is 6.04 Å². The number of halogens is 1. The van der Waals surface area contributed by atoms with Crippen molar-refractivity contribution in [3.63, 3.8) is 0 Å². The lowest BCUT2D eigenvalue weighted by Crippen LogP contribution is -2.42. The Morgan fingerprint density at radius 2 is 2.00 bits per heavy atom. The molecule has 2 aromatic rings. The zero-order valence-corrected chi connectivity index (χ0v) is 13.9. The SMILES string of the molecule is CC1(C)C[C@H](NC(=S)Nc2cccc(F)c2)c2ccccc2O1. The third-order valence-corrected chi connectivity index (χ3v) is 3.98. The van der Waals surface area contributed by atoms with Gasteiger partial charge in [-0.25, -0.2) is 4.39 Å². The highest BCUT2D eigenvalue weighted by atomic mass is 32.1. The van der Waals surface area contributed by atoms with Gasteiger partial charge in [-0.15, -0.1) is 0 Å². The highest BCUT2D eigenvalue weighted by molar-refractivity contribution is 7.80. The Bertz CT molecular complexity index is 732. The number of thiocarbonyl (C=S) groups is 1. The van der Waals surface area contributed by atoms with Crippen LogP contribution in [0.1, 0.15) is 31.9 Å². The largest absolute Gasteiger partial charge is 0.487 e. The van der Waals surface area contributed by atoms with Gasteiger partial charge in [-0.05, 0) is 50.3 Å². The van der Waals surface area contributed by atoms with Gasteiger partial charge in [-0.3, -0.25) is 0 Å². The van der Waals surface area contributed by atoms with E-state index in [0.29, 0.717) is 10.8 Å². The number of hydrogen-bond donors (Lipinski definition) is 2. The van der Waals surface area contributed by atoms with Crippen LogP contribution in [0.15, 0.2) is 48.5 Å². The maximum Gasteiger partial charge on any atom is 0.171 e. The summed E-state index contributed by atoms with van der Waals surface area (Å²) in [6.45, 7) is 4.11. The van der Waals surface area contributed by atoms with E-state index in [4.69, 9.17) is 17.0 Å². The molecule has 3 rings (SSSR count). The Labute approximate surface area is 140 Å². The molecule has 2 aromatic carbocycles. The fourth-order valence-electron chi connectivity index (χ4n) is 2.82. The Morgan fingerprint density at radius 3 is 2.78 bits per heavy atom. The molecule has 3 nitrogen and oxygen atoms in total. The lowest BCUT2D eigenvalue weighted by molar-refractivity contribution is 0.0697. The molecule has 0 radical (unpaired) electrons. The molecule has 0 unspecified atom stereocenters. The molecule has 0 aliphatic carbocycles. The van der Waals surface area contributed by atoms with E-state index in [2.05, 4.69) is 24.5 Å². The molecule has 2 N–H and O–H groups in total. The Kier molecular flexibility index (Phi) is 4.22. The number of ether oxygens (including phenoxy) is 1. The van der Waals surface area contributed by atoms with E-state index in [9.17, 15) is 4.39 Å². The zero-order chi connectivity index (χ0) is 16.4. The second kappa shape index (κ2) is 6.16. The van der Waals surface area contributed by atoms with Crippen molar-refractivity contribution in [1.29, 1.82) is 0 Å². The molecule has 1 aliphatic rings. The van der Waals surface area contributed by atoms with Gasteiger partial charge in [-0.1, -0.05) is 24.3 Å². The third kappa shape index (κ3) is 3.79. The van der Waals surface area contributed by atoms with E-state index in [-0.39, 0.29) is 17.5 Å². The summed E-state index contributed by atoms with van der Waals surface area (Å²) in [5.74, 6) is 0.574. The van der Waals surface area contributed by atoms with Crippen LogP contribution in [0, 0.1) is 5.82 Å². The van der Waals surface area contributed by atoms with Gasteiger partial charge in [0.2, 0.25) is 0 Å². The summed E-state index contributed by atoms with van der Waals surface area (Å²) in [5.41, 5.74) is 1.43. The first kappa shape index (κ1) is 15.7. The van der Waals surface area contributed by atoms with E-state index in [1.165, 1.54) is 12.1 Å². The van der Waals surface area contributed by atoms with Gasteiger partial charge < -0.3 is 15.4 Å². The van der Waals surface area contributed by atoms with Crippen LogP contribution in [-0.2, 0) is 0 Å². The number of para-hydroxylation sites is 1. The predicted molar refractivity (Wildman–Crippen MR) is 94.3 cm³/mol. The maximum absolute atomic E-state index is 13.3. The van der Waals surface area contributed by atoms with Crippen molar-refractivity contribution in [2.24, 2.45) is 0 Å². The first-order chi connectivity index (χ1) is 10.9. The molecule has 0 saturated heterocycles. The quantitative estimate of drug-likeness (QED) is 0.799. The summed E-state index contributed by atoms with van der Waals surface area (Å²) >= 11 is 5.38. The number of anilines is 1. The summed E-state index contributed by atoms with van der Waals surface area (Å²) in [6.07, 6.45) is 0.787. The molecule has 1 aliphatic heterocycles. The van der Waals surface area contributed by atoms with Crippen molar-refractivity contribution in [2.75, 3.05) is 5.32 Å². The van der Waals surface area contributed by atoms with E-state index in [1.54, 1.807) is 12.1 Å². The van der Waals surface area contributed by atoms with Gasteiger partial charge >= 0.3 is 0 Å². The molecule has 1 atom stereocenters. The Balaban J connectivity index is 1.75. The average molecular weight is 330 g/mol. The van der Waals surface area contributed by atoms with Gasteiger partial charge in [-0.2, -0.15) is 0 Å². The van der Waals surface area contributed by atoms with Gasteiger partial charge in [0.15, 0.2) is 5.11 Å². The van der Waals surface area contributed by atoms with Crippen molar-refractivity contribution in [1.82, 2.24) is 5.32 Å². The standard InChI is InChI=1S/C18H19FN2OS/c1-18(2)11-15(14-8-3-4-9-16(14)22-18)21-17(23)20-13-7-5-6-12(19)10-13/h3-10,15H,11H2,1-2H3,(H2,20,21,23)/t15-/m0/s1. The second-order valence-corrected chi connectivity index (χ2v) is 6.67. The van der Waals surface area contributed by atoms with E-state index in [0.717, 1.165) is 17.7 Å². The number of fused-ring (bicyclic) bond motifs is 1. The Morgan fingerprint density at radius 1 is 1.22 bits per heavy atom.